The summed E-state index contributed by atoms with van der Waals surface area (Å²) in [6.45, 7) is 9.24. The summed E-state index contributed by atoms with van der Waals surface area (Å²) >= 11 is 0. The van der Waals surface area contributed by atoms with Crippen LogP contribution in [0.3, 0.4) is 0 Å². The first kappa shape index (κ1) is 18.7. The Morgan fingerprint density at radius 2 is 1.77 bits per heavy atom. The van der Waals surface area contributed by atoms with Crippen molar-refractivity contribution in [3.05, 3.63) is 70.8 Å². The molecule has 1 aliphatic rings. The maximum atomic E-state index is 12.6. The van der Waals surface area contributed by atoms with E-state index < -0.39 is 0 Å². The summed E-state index contributed by atoms with van der Waals surface area (Å²) in [4.78, 5) is 15.1. The van der Waals surface area contributed by atoms with E-state index in [-0.39, 0.29) is 17.9 Å². The van der Waals surface area contributed by atoms with Crippen molar-refractivity contribution in [3.63, 3.8) is 0 Å². The van der Waals surface area contributed by atoms with Crippen molar-refractivity contribution in [1.82, 2.24) is 10.2 Å². The van der Waals surface area contributed by atoms with Crippen LogP contribution in [0.2, 0.25) is 0 Å². The van der Waals surface area contributed by atoms with E-state index in [2.05, 4.69) is 79.5 Å². The van der Waals surface area contributed by atoms with Crippen molar-refractivity contribution in [1.29, 1.82) is 0 Å². The van der Waals surface area contributed by atoms with E-state index in [1.807, 2.05) is 0 Å². The smallest absolute Gasteiger partial charge is 0.223 e. The summed E-state index contributed by atoms with van der Waals surface area (Å²) in [6, 6.07) is 17.2. The van der Waals surface area contributed by atoms with Crippen molar-refractivity contribution < 1.29 is 4.79 Å². The molecule has 3 rings (SSSR count). The minimum atomic E-state index is 0.0634. The van der Waals surface area contributed by atoms with Crippen LogP contribution in [-0.2, 0) is 11.3 Å². The molecule has 3 nitrogen and oxygen atoms in total. The molecule has 26 heavy (non-hydrogen) atoms. The number of nitrogens with zero attached hydrogens (tertiary/aromatic N) is 1. The molecular weight excluding hydrogens is 320 g/mol. The van der Waals surface area contributed by atoms with Crippen LogP contribution in [-0.4, -0.2) is 23.9 Å². The van der Waals surface area contributed by atoms with E-state index in [0.29, 0.717) is 0 Å². The first-order chi connectivity index (χ1) is 12.5. The Labute approximate surface area is 157 Å². The van der Waals surface area contributed by atoms with Gasteiger partial charge in [-0.1, -0.05) is 59.7 Å². The van der Waals surface area contributed by atoms with Gasteiger partial charge in [-0.3, -0.25) is 9.69 Å². The number of hydrogen-bond donors (Lipinski definition) is 1. The van der Waals surface area contributed by atoms with Crippen molar-refractivity contribution in [2.24, 2.45) is 5.92 Å². The van der Waals surface area contributed by atoms with Gasteiger partial charge in [0.15, 0.2) is 0 Å². The lowest BCUT2D eigenvalue weighted by atomic mass is 9.94. The molecule has 2 aromatic rings. The summed E-state index contributed by atoms with van der Waals surface area (Å²) in [5.41, 5.74) is 5.08. The van der Waals surface area contributed by atoms with Crippen LogP contribution in [0.1, 0.15) is 48.1 Å². The van der Waals surface area contributed by atoms with E-state index in [9.17, 15) is 4.79 Å². The molecule has 0 aromatic heterocycles. The summed E-state index contributed by atoms with van der Waals surface area (Å²) < 4.78 is 0. The largest absolute Gasteiger partial charge is 0.349 e. The molecule has 0 spiro atoms. The van der Waals surface area contributed by atoms with Gasteiger partial charge in [-0.05, 0) is 57.8 Å². The van der Waals surface area contributed by atoms with Crippen molar-refractivity contribution >= 4 is 5.91 Å². The Morgan fingerprint density at radius 3 is 2.42 bits per heavy atom. The quantitative estimate of drug-likeness (QED) is 0.867. The van der Waals surface area contributed by atoms with Crippen LogP contribution in [0, 0.1) is 19.8 Å². The zero-order valence-electron chi connectivity index (χ0n) is 16.2. The second-order valence-electron chi connectivity index (χ2n) is 7.68. The van der Waals surface area contributed by atoms with Gasteiger partial charge in [-0.2, -0.15) is 0 Å². The number of carbonyl (C=O) groups excluding carboxylic acids is 1. The van der Waals surface area contributed by atoms with E-state index in [4.69, 9.17) is 0 Å². The molecule has 2 aromatic carbocycles. The van der Waals surface area contributed by atoms with Crippen LogP contribution in [0.25, 0.3) is 0 Å². The average Bonchev–Trinajstić information content (AvgIpc) is 2.63. The van der Waals surface area contributed by atoms with E-state index in [1.165, 1.54) is 22.3 Å². The predicted octanol–water partition coefficient (Wildman–Crippen LogP) is 4.39. The molecule has 1 N–H and O–H groups in total. The van der Waals surface area contributed by atoms with Crippen LogP contribution < -0.4 is 5.32 Å². The Balaban J connectivity index is 1.48. The molecule has 1 amide bonds. The number of carbonyl (C=O) groups is 1. The molecule has 0 aliphatic carbocycles. The van der Waals surface area contributed by atoms with Crippen molar-refractivity contribution in [2.75, 3.05) is 13.1 Å². The Kier molecular flexibility index (Phi) is 6.10. The molecule has 0 bridgehead atoms. The fourth-order valence-electron chi connectivity index (χ4n) is 3.69. The van der Waals surface area contributed by atoms with Gasteiger partial charge < -0.3 is 5.32 Å². The molecule has 1 fully saturated rings. The molecular formula is C23H30N2O. The second kappa shape index (κ2) is 8.50. The predicted molar refractivity (Wildman–Crippen MR) is 107 cm³/mol. The lowest BCUT2D eigenvalue weighted by Gasteiger charge is -2.32. The normalized spacial score (nSPS) is 17.0. The highest BCUT2D eigenvalue weighted by Crippen LogP contribution is 2.21. The van der Waals surface area contributed by atoms with Gasteiger partial charge in [-0.25, -0.2) is 0 Å². The topological polar surface area (TPSA) is 32.3 Å². The first-order valence-corrected chi connectivity index (χ1v) is 9.66. The van der Waals surface area contributed by atoms with E-state index in [1.54, 1.807) is 0 Å². The number of likely N-dealkylation sites (tertiary alicyclic amines) is 1. The Hall–Kier alpha value is -2.13. The summed E-state index contributed by atoms with van der Waals surface area (Å²) in [6.07, 6.45) is 1.89. The number of hydrogen-bond acceptors (Lipinski definition) is 2. The minimum Gasteiger partial charge on any atom is -0.349 e. The Bertz CT molecular complexity index is 730. The number of nitrogens with one attached hydrogen (secondary N) is 1. The van der Waals surface area contributed by atoms with Gasteiger partial charge >= 0.3 is 0 Å². The molecule has 1 saturated heterocycles. The van der Waals surface area contributed by atoms with Crippen LogP contribution >= 0.6 is 0 Å². The number of benzene rings is 2. The third-order valence-electron chi connectivity index (χ3n) is 5.38. The van der Waals surface area contributed by atoms with Gasteiger partial charge in [0, 0.05) is 12.5 Å². The zero-order valence-corrected chi connectivity index (χ0v) is 16.2. The molecule has 3 heteroatoms. The fraction of sp³-hybridized carbons (Fsp3) is 0.435. The number of aryl methyl sites for hydroxylation is 2. The third-order valence-corrected chi connectivity index (χ3v) is 5.38. The summed E-state index contributed by atoms with van der Waals surface area (Å²) in [5, 5.41) is 3.20. The molecule has 1 aliphatic heterocycles. The van der Waals surface area contributed by atoms with Crippen LogP contribution in [0.5, 0.6) is 0 Å². The highest BCUT2D eigenvalue weighted by Gasteiger charge is 2.26. The minimum absolute atomic E-state index is 0.0634. The maximum absolute atomic E-state index is 12.6. The van der Waals surface area contributed by atoms with Crippen molar-refractivity contribution in [3.8, 4) is 0 Å². The van der Waals surface area contributed by atoms with Gasteiger partial charge in [0.2, 0.25) is 5.91 Å². The highest BCUT2D eigenvalue weighted by molar-refractivity contribution is 5.79. The summed E-state index contributed by atoms with van der Waals surface area (Å²) in [7, 11) is 0. The van der Waals surface area contributed by atoms with Crippen LogP contribution in [0.4, 0.5) is 0 Å². The number of piperidine rings is 1. The fourth-order valence-corrected chi connectivity index (χ4v) is 3.69. The highest BCUT2D eigenvalue weighted by atomic mass is 16.1. The Morgan fingerprint density at radius 1 is 1.08 bits per heavy atom. The molecule has 1 heterocycles. The lowest BCUT2D eigenvalue weighted by Crippen LogP contribution is -2.40. The first-order valence-electron chi connectivity index (χ1n) is 9.66. The van der Waals surface area contributed by atoms with Gasteiger partial charge in [-0.15, -0.1) is 0 Å². The summed E-state index contributed by atoms with van der Waals surface area (Å²) in [5.74, 6) is 0.338. The van der Waals surface area contributed by atoms with E-state index in [0.717, 1.165) is 32.5 Å². The lowest BCUT2D eigenvalue weighted by molar-refractivity contribution is -0.127. The van der Waals surface area contributed by atoms with Gasteiger partial charge in [0.05, 0.1) is 6.04 Å². The van der Waals surface area contributed by atoms with Gasteiger partial charge in [0.25, 0.3) is 0 Å². The number of amides is 1. The molecule has 138 valence electrons. The third kappa shape index (κ3) is 4.95. The average molecular weight is 351 g/mol. The van der Waals surface area contributed by atoms with Crippen LogP contribution in [0.15, 0.2) is 48.5 Å². The molecule has 0 saturated carbocycles. The van der Waals surface area contributed by atoms with Crippen molar-refractivity contribution in [2.45, 2.75) is 46.2 Å². The van der Waals surface area contributed by atoms with E-state index >= 15 is 0 Å². The van der Waals surface area contributed by atoms with Gasteiger partial charge in [0.1, 0.15) is 0 Å². The molecule has 1 atom stereocenters. The molecule has 0 radical (unpaired) electrons. The number of rotatable bonds is 5. The zero-order chi connectivity index (χ0) is 18.5. The monoisotopic (exact) mass is 350 g/mol. The standard InChI is InChI=1S/C23H30N2O/c1-17-7-9-21(10-8-17)19(3)24-23(26)22-11-13-25(14-12-22)16-20-6-4-5-18(2)15-20/h4-10,15,19,22H,11-14,16H2,1-3H3,(H,24,26)/t19-/m0/s1. The second-order valence-corrected chi connectivity index (χ2v) is 7.68. The maximum Gasteiger partial charge on any atom is 0.223 e. The molecule has 0 unspecified atom stereocenters. The SMILES string of the molecule is Cc1ccc([C@H](C)NC(=O)C2CCN(Cc3cccc(C)c3)CC2)cc1.